The Morgan fingerprint density at radius 2 is 1.77 bits per heavy atom. The van der Waals surface area contributed by atoms with E-state index in [1.165, 1.54) is 18.4 Å². The van der Waals surface area contributed by atoms with E-state index in [9.17, 15) is 9.59 Å². The highest BCUT2D eigenvalue weighted by Gasteiger charge is 2.40. The van der Waals surface area contributed by atoms with Gasteiger partial charge in [-0.05, 0) is 62.4 Å². The molecule has 2 aromatic carbocycles. The van der Waals surface area contributed by atoms with Crippen LogP contribution in [0.4, 0.5) is 0 Å². The molecule has 2 saturated heterocycles. The zero-order valence-electron chi connectivity index (χ0n) is 17.2. The molecule has 2 bridgehead atoms. The van der Waals surface area contributed by atoms with Crippen LogP contribution in [0, 0.1) is 6.92 Å². The highest BCUT2D eigenvalue weighted by atomic mass is 35.5. The van der Waals surface area contributed by atoms with E-state index >= 15 is 0 Å². The maximum atomic E-state index is 12.4. The second-order valence-corrected chi connectivity index (χ2v) is 8.91. The number of nitrogens with zero attached hydrogens (tertiary/aromatic N) is 1. The molecule has 2 atom stereocenters. The molecule has 5 nitrogen and oxygen atoms in total. The Labute approximate surface area is 182 Å². The highest BCUT2D eigenvalue weighted by molar-refractivity contribution is 6.30. The summed E-state index contributed by atoms with van der Waals surface area (Å²) < 4.78 is 0. The van der Waals surface area contributed by atoms with Gasteiger partial charge in [0.05, 0.1) is 6.54 Å². The van der Waals surface area contributed by atoms with Gasteiger partial charge in [-0.25, -0.2) is 0 Å². The van der Waals surface area contributed by atoms with Gasteiger partial charge < -0.3 is 10.6 Å². The van der Waals surface area contributed by atoms with Crippen molar-refractivity contribution in [2.24, 2.45) is 0 Å². The second kappa shape index (κ2) is 9.19. The topological polar surface area (TPSA) is 61.4 Å². The molecule has 30 heavy (non-hydrogen) atoms. The Bertz CT molecular complexity index is 901. The van der Waals surface area contributed by atoms with E-state index in [1.54, 1.807) is 6.07 Å². The van der Waals surface area contributed by atoms with Crippen LogP contribution in [0.3, 0.4) is 0 Å². The van der Waals surface area contributed by atoms with Crippen LogP contribution in [0.1, 0.15) is 47.2 Å². The minimum Gasteiger partial charge on any atom is -0.352 e. The molecular formula is C24H28ClN3O2. The van der Waals surface area contributed by atoms with Crippen molar-refractivity contribution in [1.29, 1.82) is 0 Å². The van der Waals surface area contributed by atoms with Gasteiger partial charge in [0.25, 0.3) is 5.91 Å². The maximum absolute atomic E-state index is 12.4. The highest BCUT2D eigenvalue weighted by Crippen LogP contribution is 2.36. The minimum absolute atomic E-state index is 0.00704. The van der Waals surface area contributed by atoms with Gasteiger partial charge in [-0.2, -0.15) is 0 Å². The first kappa shape index (κ1) is 20.9. The van der Waals surface area contributed by atoms with E-state index < -0.39 is 0 Å². The molecule has 2 N–H and O–H groups in total. The normalized spacial score (nSPS) is 23.2. The zero-order chi connectivity index (χ0) is 21.1. The first-order valence-corrected chi connectivity index (χ1v) is 11.0. The van der Waals surface area contributed by atoms with Gasteiger partial charge in [-0.15, -0.1) is 0 Å². The first-order chi connectivity index (χ1) is 14.5. The van der Waals surface area contributed by atoms with Gasteiger partial charge >= 0.3 is 0 Å². The number of hydrogen-bond donors (Lipinski definition) is 2. The van der Waals surface area contributed by atoms with Crippen LogP contribution in [0.25, 0.3) is 0 Å². The average molecular weight is 426 g/mol. The van der Waals surface area contributed by atoms with Crippen molar-refractivity contribution < 1.29 is 9.59 Å². The van der Waals surface area contributed by atoms with E-state index in [4.69, 9.17) is 11.6 Å². The predicted octanol–water partition coefficient (Wildman–Crippen LogP) is 3.69. The molecule has 158 valence electrons. The molecular weight excluding hydrogens is 398 g/mol. The Morgan fingerprint density at radius 1 is 1.07 bits per heavy atom. The van der Waals surface area contributed by atoms with Crippen LogP contribution in [-0.2, 0) is 11.3 Å². The predicted molar refractivity (Wildman–Crippen MR) is 118 cm³/mol. The lowest BCUT2D eigenvalue weighted by molar-refractivity contribution is -0.121. The fraction of sp³-hybridized carbons (Fsp3) is 0.417. The molecule has 4 rings (SSSR count). The molecule has 0 aromatic heterocycles. The molecule has 2 aliphatic rings. The number of aryl methyl sites for hydroxylation is 1. The van der Waals surface area contributed by atoms with Crippen molar-refractivity contribution in [3.63, 3.8) is 0 Å². The molecule has 0 saturated carbocycles. The second-order valence-electron chi connectivity index (χ2n) is 8.47. The Balaban J connectivity index is 1.26. The van der Waals surface area contributed by atoms with E-state index in [0.717, 1.165) is 30.0 Å². The SMILES string of the molecule is Cc1cccc(C(=O)NCC(=O)NC2C[C@H]3CC[C@H](C2)N3Cc2ccc(Cl)cc2)c1. The lowest BCUT2D eigenvalue weighted by atomic mass is 9.96. The molecule has 2 amide bonds. The van der Waals surface area contributed by atoms with Crippen molar-refractivity contribution in [3.8, 4) is 0 Å². The van der Waals surface area contributed by atoms with Gasteiger partial charge in [0.15, 0.2) is 0 Å². The summed E-state index contributed by atoms with van der Waals surface area (Å²) in [6.07, 6.45) is 4.27. The summed E-state index contributed by atoms with van der Waals surface area (Å²) in [5.74, 6) is -0.335. The molecule has 0 unspecified atom stereocenters. The van der Waals surface area contributed by atoms with Gasteiger partial charge in [0.2, 0.25) is 5.91 Å². The summed E-state index contributed by atoms with van der Waals surface area (Å²) in [6.45, 7) is 2.88. The van der Waals surface area contributed by atoms with Crippen LogP contribution in [0.5, 0.6) is 0 Å². The van der Waals surface area contributed by atoms with E-state index in [2.05, 4.69) is 27.7 Å². The number of halogens is 1. The Hall–Kier alpha value is -2.37. The lowest BCUT2D eigenvalue weighted by Gasteiger charge is -2.39. The fourth-order valence-electron chi connectivity index (χ4n) is 4.78. The summed E-state index contributed by atoms with van der Waals surface area (Å²) >= 11 is 6.00. The third kappa shape index (κ3) is 5.02. The standard InChI is InChI=1S/C24H28ClN3O2/c1-16-3-2-4-18(11-16)24(30)26-14-23(29)27-20-12-21-9-10-22(13-20)28(21)15-17-5-7-19(25)8-6-17/h2-8,11,20-22H,9-10,12-15H2,1H3,(H,26,30)(H,27,29)/t21-,22-/m1/s1. The monoisotopic (exact) mass is 425 g/mol. The van der Waals surface area contributed by atoms with Crippen LogP contribution >= 0.6 is 11.6 Å². The van der Waals surface area contributed by atoms with Gasteiger partial charge in [0.1, 0.15) is 0 Å². The van der Waals surface area contributed by atoms with E-state index in [-0.39, 0.29) is 24.4 Å². The zero-order valence-corrected chi connectivity index (χ0v) is 18.0. The first-order valence-electron chi connectivity index (χ1n) is 10.6. The van der Waals surface area contributed by atoms with Crippen molar-refractivity contribution in [2.75, 3.05) is 6.54 Å². The van der Waals surface area contributed by atoms with Crippen LogP contribution < -0.4 is 10.6 Å². The molecule has 2 heterocycles. The number of carbonyl (C=O) groups excluding carboxylic acids is 2. The minimum atomic E-state index is -0.216. The summed E-state index contributed by atoms with van der Waals surface area (Å²) in [5.41, 5.74) is 2.88. The smallest absolute Gasteiger partial charge is 0.251 e. The van der Waals surface area contributed by atoms with Crippen LogP contribution in [0.15, 0.2) is 48.5 Å². The maximum Gasteiger partial charge on any atom is 0.251 e. The van der Waals surface area contributed by atoms with Crippen LogP contribution in [0.2, 0.25) is 5.02 Å². The van der Waals surface area contributed by atoms with Gasteiger partial charge in [0, 0.05) is 35.3 Å². The number of amides is 2. The Morgan fingerprint density at radius 3 is 2.43 bits per heavy atom. The summed E-state index contributed by atoms with van der Waals surface area (Å²) in [5, 5.41) is 6.62. The molecule has 2 aromatic rings. The molecule has 0 spiro atoms. The van der Waals surface area contributed by atoms with Crippen LogP contribution in [-0.4, -0.2) is 41.4 Å². The quantitative estimate of drug-likeness (QED) is 0.742. The summed E-state index contributed by atoms with van der Waals surface area (Å²) in [4.78, 5) is 27.2. The van der Waals surface area contributed by atoms with E-state index in [1.807, 2.05) is 37.3 Å². The molecule has 0 radical (unpaired) electrons. The van der Waals surface area contributed by atoms with E-state index in [0.29, 0.717) is 17.6 Å². The number of piperidine rings is 1. The fourth-order valence-corrected chi connectivity index (χ4v) is 4.90. The average Bonchev–Trinajstić information content (AvgIpc) is 2.95. The third-order valence-electron chi connectivity index (χ3n) is 6.22. The number of benzene rings is 2. The molecule has 0 aliphatic carbocycles. The summed E-state index contributed by atoms with van der Waals surface area (Å²) in [6, 6.07) is 16.6. The largest absolute Gasteiger partial charge is 0.352 e. The number of carbonyl (C=O) groups is 2. The van der Waals surface area contributed by atoms with Crippen molar-refractivity contribution in [1.82, 2.24) is 15.5 Å². The number of rotatable bonds is 6. The third-order valence-corrected chi connectivity index (χ3v) is 6.47. The Kier molecular flexibility index (Phi) is 6.40. The number of fused-ring (bicyclic) bond motifs is 2. The molecule has 2 fully saturated rings. The van der Waals surface area contributed by atoms with Gasteiger partial charge in [-0.3, -0.25) is 14.5 Å². The number of nitrogens with one attached hydrogen (secondary N) is 2. The van der Waals surface area contributed by atoms with Crippen molar-refractivity contribution in [3.05, 3.63) is 70.2 Å². The molecule has 2 aliphatic heterocycles. The lowest BCUT2D eigenvalue weighted by Crippen LogP contribution is -2.51. The van der Waals surface area contributed by atoms with Crippen molar-refractivity contribution >= 4 is 23.4 Å². The molecule has 6 heteroatoms. The van der Waals surface area contributed by atoms with Gasteiger partial charge in [-0.1, -0.05) is 41.4 Å². The summed E-state index contributed by atoms with van der Waals surface area (Å²) in [7, 11) is 0. The van der Waals surface area contributed by atoms with Crippen molar-refractivity contribution in [2.45, 2.75) is 57.3 Å². The number of hydrogen-bond acceptors (Lipinski definition) is 3.